The number of hydrogen-bond acceptors (Lipinski definition) is 0. The third-order valence-corrected chi connectivity index (χ3v) is 7.52. The molecule has 0 fully saturated rings. The topological polar surface area (TPSA) is 0 Å². The van der Waals surface area contributed by atoms with Gasteiger partial charge in [0.05, 0.1) is 0 Å². The van der Waals surface area contributed by atoms with Crippen LogP contribution in [0, 0.1) is 6.07 Å². The third-order valence-electron chi connectivity index (χ3n) is 5.04. The van der Waals surface area contributed by atoms with E-state index in [1.165, 1.54) is 50.7 Å². The quantitative estimate of drug-likeness (QED) is 0.187. The molecule has 4 aromatic carbocycles. The Balaban J connectivity index is 0.000000934. The Morgan fingerprint density at radius 2 is 1.18 bits per heavy atom. The minimum absolute atomic E-state index is 0. The van der Waals surface area contributed by atoms with Crippen molar-refractivity contribution in [3.05, 3.63) is 102 Å². The van der Waals surface area contributed by atoms with E-state index in [9.17, 15) is 0 Å². The molecule has 0 heterocycles. The van der Waals surface area contributed by atoms with Crippen molar-refractivity contribution < 1.29 is 24.8 Å². The van der Waals surface area contributed by atoms with E-state index in [0.29, 0.717) is 0 Å². The van der Waals surface area contributed by atoms with Crippen LogP contribution in [0.2, 0.25) is 0 Å². The molecule has 28 heavy (non-hydrogen) atoms. The van der Waals surface area contributed by atoms with Crippen LogP contribution in [-0.4, -0.2) is 26.2 Å². The fourth-order valence-electron chi connectivity index (χ4n) is 3.91. The Hall–Kier alpha value is -0.967. The molecule has 4 aromatic rings. The predicted molar refractivity (Wildman–Crippen MR) is 115 cm³/mol. The Bertz CT molecular complexity index is 1000. The molecule has 0 aliphatic heterocycles. The first kappa shape index (κ1) is 23.3. The van der Waals surface area contributed by atoms with Crippen LogP contribution in [0.5, 0.6) is 0 Å². The summed E-state index contributed by atoms with van der Waals surface area (Å²) in [4.78, 5) is 0. The minimum Gasteiger partial charge on any atom is -1.00 e. The van der Waals surface area contributed by atoms with Gasteiger partial charge in [-0.15, -0.1) is 0 Å². The van der Waals surface area contributed by atoms with Crippen molar-refractivity contribution >= 4 is 60.8 Å². The van der Waals surface area contributed by atoms with E-state index < -0.39 is 7.92 Å². The first-order valence-electron chi connectivity index (χ1n) is 8.77. The molecule has 0 saturated heterocycles. The van der Waals surface area contributed by atoms with Gasteiger partial charge >= 0.3 is 26.2 Å². The molecular formula is C24H18BiCl2P. The summed E-state index contributed by atoms with van der Waals surface area (Å²) in [5, 5.41) is 7.01. The fourth-order valence-corrected chi connectivity index (χ4v) is 6.33. The van der Waals surface area contributed by atoms with E-state index in [1.807, 2.05) is 0 Å². The molecule has 0 spiro atoms. The first-order chi connectivity index (χ1) is 12.4. The number of benzene rings is 4. The summed E-state index contributed by atoms with van der Waals surface area (Å²) in [7, 11) is -0.574. The van der Waals surface area contributed by atoms with Crippen LogP contribution in [0.15, 0.2) is 84.9 Å². The van der Waals surface area contributed by atoms with Gasteiger partial charge in [-0.05, 0) is 64.6 Å². The van der Waals surface area contributed by atoms with Gasteiger partial charge in [0, 0.05) is 0 Å². The second kappa shape index (κ2) is 10.2. The normalized spacial score (nSPS) is 11.5. The van der Waals surface area contributed by atoms with Gasteiger partial charge in [0.25, 0.3) is 0 Å². The molecule has 1 aliphatic rings. The molecule has 0 saturated carbocycles. The molecule has 5 rings (SSSR count). The summed E-state index contributed by atoms with van der Waals surface area (Å²) >= 11 is 0. The van der Waals surface area contributed by atoms with Gasteiger partial charge in [-0.2, -0.15) is 0 Å². The van der Waals surface area contributed by atoms with Crippen LogP contribution < -0.4 is 40.7 Å². The van der Waals surface area contributed by atoms with Gasteiger partial charge in [0.1, 0.15) is 0 Å². The number of hydrogen-bond donors (Lipinski definition) is 0. The van der Waals surface area contributed by atoms with E-state index in [0.717, 1.165) is 0 Å². The molecule has 4 heteroatoms. The third kappa shape index (κ3) is 4.15. The van der Waals surface area contributed by atoms with Gasteiger partial charge in [-0.25, -0.2) is 0 Å². The summed E-state index contributed by atoms with van der Waals surface area (Å²) in [6.45, 7) is 0. The van der Waals surface area contributed by atoms with Crippen molar-refractivity contribution in [2.24, 2.45) is 0 Å². The number of halogens is 2. The zero-order valence-electron chi connectivity index (χ0n) is 15.1. The smallest absolute Gasteiger partial charge is 1.00 e. The molecule has 0 aromatic heterocycles. The largest absolute Gasteiger partial charge is 2.00 e. The SMILES string of the molecule is [Bi+2].[Cl-].[Cl-].[c]1ccc2c3c(ccc(P(c4ccccc4)c4ccccc4)c13)CC2. The fraction of sp³-hybridized carbons (Fsp3) is 0.0833. The first-order valence-corrected chi connectivity index (χ1v) is 10.1. The Morgan fingerprint density at radius 1 is 0.643 bits per heavy atom. The zero-order chi connectivity index (χ0) is 16.6. The molecule has 0 bridgehead atoms. The molecule has 0 N–H and O–H groups in total. The van der Waals surface area contributed by atoms with Crippen molar-refractivity contribution in [1.29, 1.82) is 0 Å². The Kier molecular flexibility index (Phi) is 8.48. The summed E-state index contributed by atoms with van der Waals surface area (Å²) in [5.74, 6) is 0. The van der Waals surface area contributed by atoms with E-state index in [2.05, 4.69) is 91.0 Å². The van der Waals surface area contributed by atoms with Gasteiger partial charge in [0.15, 0.2) is 0 Å². The monoisotopic (exact) mass is 616 g/mol. The summed E-state index contributed by atoms with van der Waals surface area (Å²) < 4.78 is 0. The maximum Gasteiger partial charge on any atom is 2.00 e. The van der Waals surface area contributed by atoms with Crippen molar-refractivity contribution in [3.8, 4) is 0 Å². The predicted octanol–water partition coefficient (Wildman–Crippen LogP) is -1.88. The second-order valence-electron chi connectivity index (χ2n) is 6.50. The van der Waals surface area contributed by atoms with Gasteiger partial charge < -0.3 is 24.8 Å². The maximum atomic E-state index is 3.58. The van der Waals surface area contributed by atoms with E-state index in [1.54, 1.807) is 0 Å². The van der Waals surface area contributed by atoms with Crippen LogP contribution in [0.25, 0.3) is 10.8 Å². The van der Waals surface area contributed by atoms with Gasteiger partial charge in [-0.1, -0.05) is 84.9 Å². The molecule has 0 amide bonds. The molecule has 0 atom stereocenters. The molecule has 138 valence electrons. The van der Waals surface area contributed by atoms with Gasteiger partial charge in [-0.3, -0.25) is 0 Å². The Labute approximate surface area is 199 Å². The zero-order valence-corrected chi connectivity index (χ0v) is 21.0. The average molecular weight is 617 g/mol. The summed E-state index contributed by atoms with van der Waals surface area (Å²) in [6.07, 6.45) is 2.33. The van der Waals surface area contributed by atoms with Crippen molar-refractivity contribution in [2.75, 3.05) is 0 Å². The van der Waals surface area contributed by atoms with E-state index in [4.69, 9.17) is 0 Å². The average Bonchev–Trinajstić information content (AvgIpc) is 3.11. The van der Waals surface area contributed by atoms with E-state index in [-0.39, 0.29) is 51.0 Å². The molecule has 0 nitrogen and oxygen atoms in total. The Morgan fingerprint density at radius 3 is 1.75 bits per heavy atom. The maximum absolute atomic E-state index is 3.58. The van der Waals surface area contributed by atoms with E-state index >= 15 is 0 Å². The van der Waals surface area contributed by atoms with Crippen molar-refractivity contribution in [2.45, 2.75) is 12.8 Å². The molecular weight excluding hydrogens is 599 g/mol. The van der Waals surface area contributed by atoms with Crippen LogP contribution >= 0.6 is 7.92 Å². The molecule has 1 aliphatic carbocycles. The second-order valence-corrected chi connectivity index (χ2v) is 8.69. The van der Waals surface area contributed by atoms with Crippen LogP contribution in [0.4, 0.5) is 0 Å². The summed E-state index contributed by atoms with van der Waals surface area (Å²) in [6, 6.07) is 34.5. The van der Waals surface area contributed by atoms with Crippen molar-refractivity contribution in [3.63, 3.8) is 0 Å². The number of aryl methyl sites for hydroxylation is 2. The molecule has 4 radical (unpaired) electrons. The number of rotatable bonds is 3. The minimum atomic E-state index is -0.574. The van der Waals surface area contributed by atoms with Crippen molar-refractivity contribution in [1.82, 2.24) is 0 Å². The summed E-state index contributed by atoms with van der Waals surface area (Å²) in [5.41, 5.74) is 2.98. The molecule has 0 unspecified atom stereocenters. The standard InChI is InChI=1S/C24H18P.Bi.2ClH/c1-3-9-20(10-4-1)25(21-11-5-2-6-12-21)23-17-16-19-15-14-18-8-7-13-22(23)24(18)19;;;/h1-12,16-17H,14-15H2;;2*1H/q;+2;;/p-2. The van der Waals surface area contributed by atoms with Gasteiger partial charge in [0.2, 0.25) is 0 Å². The van der Waals surface area contributed by atoms with Crippen LogP contribution in [-0.2, 0) is 12.8 Å². The van der Waals surface area contributed by atoms with Crippen LogP contribution in [0.1, 0.15) is 11.1 Å². The van der Waals surface area contributed by atoms with Crippen LogP contribution in [0.3, 0.4) is 0 Å².